The molecule has 20 heteroatoms. The van der Waals surface area contributed by atoms with Crippen molar-refractivity contribution in [3.63, 3.8) is 0 Å². The number of sulfonamides is 1. The van der Waals surface area contributed by atoms with E-state index >= 15 is 0 Å². The van der Waals surface area contributed by atoms with Crippen molar-refractivity contribution in [1.82, 2.24) is 40.4 Å². The number of aliphatic imine (C=N–C) groups is 1. The van der Waals surface area contributed by atoms with E-state index in [9.17, 15) is 21.6 Å². The number of ether oxygens (including phenoxy) is 2. The molecule has 286 valence electrons. The molecule has 1 fully saturated rings. The zero-order chi connectivity index (χ0) is 38.5. The Balaban J connectivity index is 1.40. The fraction of sp³-hybridized carbons (Fsp3) is 0.382. The average Bonchev–Trinajstić information content (AvgIpc) is 3.80. The van der Waals surface area contributed by atoms with Crippen molar-refractivity contribution in [3.05, 3.63) is 89.0 Å². The third-order valence-corrected chi connectivity index (χ3v) is 10.9. The van der Waals surface area contributed by atoms with Gasteiger partial charge < -0.3 is 20.9 Å². The van der Waals surface area contributed by atoms with E-state index in [0.717, 1.165) is 47.2 Å². The summed E-state index contributed by atoms with van der Waals surface area (Å²) >= 11 is 0. The second kappa shape index (κ2) is 16.1. The highest BCUT2D eigenvalue weighted by atomic mass is 32.2. The van der Waals surface area contributed by atoms with Crippen LogP contribution >= 0.6 is 0 Å². The van der Waals surface area contributed by atoms with Crippen LogP contribution in [0.2, 0.25) is 0 Å². The molecular weight excluding hydrogens is 730 g/mol. The first-order chi connectivity index (χ1) is 25.8. The van der Waals surface area contributed by atoms with Crippen LogP contribution in [0.5, 0.6) is 11.5 Å². The summed E-state index contributed by atoms with van der Waals surface area (Å²) in [5.41, 5.74) is 11.4. The van der Waals surface area contributed by atoms with E-state index in [-0.39, 0.29) is 31.0 Å². The lowest BCUT2D eigenvalue weighted by molar-refractivity contribution is -0.139. The number of hydrogen-bond donors (Lipinski definition) is 2. The number of alkyl halides is 3. The van der Waals surface area contributed by atoms with Crippen LogP contribution in [-0.2, 0) is 35.7 Å². The van der Waals surface area contributed by atoms with E-state index < -0.39 is 38.6 Å². The Hall–Kier alpha value is -5.79. The smallest absolute Gasteiger partial charge is 0.417 e. The number of anilines is 2. The summed E-state index contributed by atoms with van der Waals surface area (Å²) in [7, 11) is -2.16. The highest BCUT2D eigenvalue weighted by Gasteiger charge is 2.43. The summed E-state index contributed by atoms with van der Waals surface area (Å²) in [5, 5.41) is 23.4. The molecule has 1 aliphatic carbocycles. The molecule has 0 amide bonds. The van der Waals surface area contributed by atoms with Crippen molar-refractivity contribution in [3.8, 4) is 11.5 Å². The Morgan fingerprint density at radius 3 is 1.78 bits per heavy atom. The largest absolute Gasteiger partial charge is 0.497 e. The van der Waals surface area contributed by atoms with Gasteiger partial charge in [-0.15, -0.1) is 0 Å². The van der Waals surface area contributed by atoms with Gasteiger partial charge in [0.05, 0.1) is 38.9 Å². The molecule has 1 aliphatic rings. The molecule has 0 saturated heterocycles. The number of rotatable bonds is 14. The molecule has 0 atom stereocenters. The van der Waals surface area contributed by atoms with Crippen LogP contribution in [0.1, 0.15) is 54.4 Å². The Labute approximate surface area is 309 Å². The summed E-state index contributed by atoms with van der Waals surface area (Å²) < 4.78 is 87.2. The van der Waals surface area contributed by atoms with Crippen LogP contribution < -0.4 is 25.2 Å². The van der Waals surface area contributed by atoms with Gasteiger partial charge in [0.1, 0.15) is 16.4 Å². The van der Waals surface area contributed by atoms with E-state index in [2.05, 4.69) is 36.0 Å². The number of tetrazole rings is 2. The van der Waals surface area contributed by atoms with Crippen molar-refractivity contribution >= 4 is 27.9 Å². The van der Waals surface area contributed by atoms with Crippen LogP contribution in [0.4, 0.5) is 25.1 Å². The van der Waals surface area contributed by atoms with E-state index in [1.54, 1.807) is 48.5 Å². The second-order valence-electron chi connectivity index (χ2n) is 12.8. The number of aromatic nitrogens is 8. The van der Waals surface area contributed by atoms with E-state index in [4.69, 9.17) is 20.9 Å². The fourth-order valence-corrected chi connectivity index (χ4v) is 8.07. The molecule has 0 unspecified atom stereocenters. The molecule has 0 aliphatic heterocycles. The minimum Gasteiger partial charge on any atom is -0.497 e. The Morgan fingerprint density at radius 1 is 0.815 bits per heavy atom. The minimum atomic E-state index is -5.19. The van der Waals surface area contributed by atoms with Crippen LogP contribution in [0.15, 0.2) is 76.6 Å². The second-order valence-corrected chi connectivity index (χ2v) is 14.6. The van der Waals surface area contributed by atoms with Crippen molar-refractivity contribution in [1.29, 1.82) is 0 Å². The van der Waals surface area contributed by atoms with Gasteiger partial charge in [0, 0.05) is 0 Å². The average molecular weight is 769 g/mol. The fourth-order valence-electron chi connectivity index (χ4n) is 6.42. The molecule has 1 saturated carbocycles. The lowest BCUT2D eigenvalue weighted by Crippen LogP contribution is -2.33. The number of aryl methyl sites for hydroxylation is 1. The predicted octanol–water partition coefficient (Wildman–Crippen LogP) is 4.08. The molecule has 2 heterocycles. The van der Waals surface area contributed by atoms with Gasteiger partial charge in [-0.25, -0.2) is 17.8 Å². The highest BCUT2D eigenvalue weighted by Crippen LogP contribution is 2.39. The Morgan fingerprint density at radius 2 is 1.31 bits per heavy atom. The SMILES string of the molecule is COc1ccc(Cn2nnnc2N(c2nnnn2Cc2ccc(OC)cc2)S(=O)(=O)c2cc(CCC3CCC(N=C(N)N)CC3)ccc2C(F)(F)F)cc1. The van der Waals surface area contributed by atoms with Gasteiger partial charge in [-0.3, -0.25) is 4.99 Å². The van der Waals surface area contributed by atoms with E-state index in [1.165, 1.54) is 20.3 Å². The maximum Gasteiger partial charge on any atom is 0.417 e. The van der Waals surface area contributed by atoms with Gasteiger partial charge in [0.2, 0.25) is 0 Å². The van der Waals surface area contributed by atoms with Crippen LogP contribution in [0, 0.1) is 5.92 Å². The molecular formula is C34H39F3N12O4S. The summed E-state index contributed by atoms with van der Waals surface area (Å²) in [4.78, 5) is 3.25. The monoisotopic (exact) mass is 768 g/mol. The highest BCUT2D eigenvalue weighted by molar-refractivity contribution is 7.93. The van der Waals surface area contributed by atoms with E-state index in [1.807, 2.05) is 0 Å². The van der Waals surface area contributed by atoms with Gasteiger partial charge in [0.25, 0.3) is 21.9 Å². The molecule has 16 nitrogen and oxygen atoms in total. The van der Waals surface area contributed by atoms with Gasteiger partial charge in [-0.05, 0) is 118 Å². The van der Waals surface area contributed by atoms with Gasteiger partial charge in [-0.2, -0.15) is 17.5 Å². The van der Waals surface area contributed by atoms with Crippen molar-refractivity contribution in [2.24, 2.45) is 22.4 Å². The predicted molar refractivity (Wildman–Crippen MR) is 190 cm³/mol. The molecule has 5 aromatic rings. The zero-order valence-corrected chi connectivity index (χ0v) is 30.3. The van der Waals surface area contributed by atoms with Crippen molar-refractivity contribution in [2.45, 2.75) is 68.7 Å². The number of methoxy groups -OCH3 is 2. The van der Waals surface area contributed by atoms with Crippen molar-refractivity contribution < 1.29 is 31.1 Å². The standard InChI is InChI=1S/C34H39F3N12O4S/c1-52-27-14-7-24(8-15-27)20-47-32(41-43-45-47)49(33-42-44-46-48(33)21-25-9-16-28(53-2)17-10-25)54(50,51)30-19-23(11-18-29(30)34(35,36)37)4-3-22-5-12-26(13-6-22)40-31(38)39/h7-11,14-19,22,26H,3-6,12-13,20-21H2,1-2H3,(H4,38,39,40). The van der Waals surface area contributed by atoms with Crippen molar-refractivity contribution in [2.75, 3.05) is 18.5 Å². The number of guanidine groups is 1. The lowest BCUT2D eigenvalue weighted by atomic mass is 9.83. The van der Waals surface area contributed by atoms with Gasteiger partial charge in [-0.1, -0.05) is 40.5 Å². The number of nitrogens with two attached hydrogens (primary N) is 2. The first-order valence-electron chi connectivity index (χ1n) is 17.0. The minimum absolute atomic E-state index is 0.0301. The molecule has 0 radical (unpaired) electrons. The third kappa shape index (κ3) is 8.70. The molecule has 3 aromatic carbocycles. The summed E-state index contributed by atoms with van der Waals surface area (Å²) in [5.74, 6) is 0.585. The maximum absolute atomic E-state index is 14.9. The van der Waals surface area contributed by atoms with E-state index in [0.29, 0.717) is 45.3 Å². The Kier molecular flexibility index (Phi) is 11.3. The summed E-state index contributed by atoms with van der Waals surface area (Å²) in [6.07, 6.45) is -0.864. The summed E-state index contributed by atoms with van der Waals surface area (Å²) in [6, 6.07) is 16.8. The maximum atomic E-state index is 14.9. The molecule has 0 spiro atoms. The lowest BCUT2D eigenvalue weighted by Gasteiger charge is -2.26. The normalized spacial score (nSPS) is 16.2. The topological polar surface area (TPSA) is 207 Å². The van der Waals surface area contributed by atoms with Crippen LogP contribution in [-0.4, -0.2) is 75.1 Å². The number of halogens is 3. The van der Waals surface area contributed by atoms with Gasteiger partial charge >= 0.3 is 6.18 Å². The summed E-state index contributed by atoms with van der Waals surface area (Å²) in [6.45, 7) is -0.119. The number of hydrogen-bond acceptors (Lipinski definition) is 11. The molecule has 2 aromatic heterocycles. The number of nitrogens with zero attached hydrogens (tertiary/aromatic N) is 10. The first-order valence-corrected chi connectivity index (χ1v) is 18.4. The molecule has 6 rings (SSSR count). The first kappa shape index (κ1) is 38.0. The molecule has 54 heavy (non-hydrogen) atoms. The van der Waals surface area contributed by atoms with Crippen LogP contribution in [0.3, 0.4) is 0 Å². The van der Waals surface area contributed by atoms with Crippen LogP contribution in [0.25, 0.3) is 0 Å². The Bertz CT molecular complexity index is 2070. The van der Waals surface area contributed by atoms with Gasteiger partial charge in [0.15, 0.2) is 5.96 Å². The quantitative estimate of drug-likeness (QED) is 0.121. The molecule has 4 N–H and O–H groups in total. The third-order valence-electron chi connectivity index (χ3n) is 9.23. The zero-order valence-electron chi connectivity index (χ0n) is 29.5. The molecule has 0 bridgehead atoms. The number of benzene rings is 3.